The lowest BCUT2D eigenvalue weighted by Gasteiger charge is -2.17. The maximum atomic E-state index is 9.56. The third kappa shape index (κ3) is 8.12. The van der Waals surface area contributed by atoms with Crippen LogP contribution in [0.2, 0.25) is 0 Å². The molecule has 3 aromatic carbocycles. The minimum absolute atomic E-state index is 0.177. The van der Waals surface area contributed by atoms with Crippen molar-refractivity contribution in [3.8, 4) is 5.75 Å². The quantitative estimate of drug-likeness (QED) is 0.136. The third-order valence-corrected chi connectivity index (χ3v) is 10.0. The fourth-order valence-electron chi connectivity index (χ4n) is 6.24. The van der Waals surface area contributed by atoms with Crippen molar-refractivity contribution in [2.24, 2.45) is 23.7 Å². The van der Waals surface area contributed by atoms with E-state index in [0.29, 0.717) is 18.4 Å². The van der Waals surface area contributed by atoms with Gasteiger partial charge in [0.25, 0.3) is 0 Å². The smallest absolute Gasteiger partial charge is 0.119 e. The molecule has 2 unspecified atom stereocenters. The zero-order valence-electron chi connectivity index (χ0n) is 25.9. The van der Waals surface area contributed by atoms with Gasteiger partial charge >= 0.3 is 0 Å². The molecule has 0 bridgehead atoms. The van der Waals surface area contributed by atoms with E-state index in [1.165, 1.54) is 97.2 Å². The molecule has 4 aliphatic rings. The van der Waals surface area contributed by atoms with Crippen LogP contribution in [0.25, 0.3) is 16.8 Å². The summed E-state index contributed by atoms with van der Waals surface area (Å²) in [6.45, 7) is 3.68. The second kappa shape index (κ2) is 12.9. The molecule has 0 radical (unpaired) electrons. The zero-order valence-corrected chi connectivity index (χ0v) is 25.9. The number of allylic oxidation sites excluding steroid dienone is 2. The molecule has 226 valence electrons. The van der Waals surface area contributed by atoms with Crippen molar-refractivity contribution >= 4 is 16.8 Å². The van der Waals surface area contributed by atoms with E-state index in [0.717, 1.165) is 48.4 Å². The second-order valence-electron chi connectivity index (χ2n) is 14.1. The van der Waals surface area contributed by atoms with Crippen LogP contribution in [0.15, 0.2) is 72.0 Å². The fraction of sp³-hybridized carbons (Fsp3) is 0.500. The normalized spacial score (nSPS) is 22.2. The van der Waals surface area contributed by atoms with Gasteiger partial charge in [-0.15, -0.1) is 0 Å². The maximum absolute atomic E-state index is 9.56. The van der Waals surface area contributed by atoms with Gasteiger partial charge in [-0.3, -0.25) is 0 Å². The largest absolute Gasteiger partial charge is 0.493 e. The first-order valence-corrected chi connectivity index (χ1v) is 17.0. The molecule has 4 aliphatic carbocycles. The van der Waals surface area contributed by atoms with Gasteiger partial charge < -0.3 is 14.6 Å². The minimum atomic E-state index is -0.177. The Kier molecular flexibility index (Phi) is 8.62. The lowest BCUT2D eigenvalue weighted by Crippen LogP contribution is -2.03. The fourth-order valence-corrected chi connectivity index (χ4v) is 6.24. The molecular weight excluding hydrogens is 528 g/mol. The van der Waals surface area contributed by atoms with E-state index in [2.05, 4.69) is 61.5 Å². The van der Waals surface area contributed by atoms with Crippen LogP contribution in [0.5, 0.6) is 5.75 Å². The van der Waals surface area contributed by atoms with Gasteiger partial charge in [0.1, 0.15) is 11.5 Å². The summed E-state index contributed by atoms with van der Waals surface area (Å²) < 4.78 is 12.4. The summed E-state index contributed by atoms with van der Waals surface area (Å²) in [5.41, 5.74) is 6.97. The molecule has 3 nitrogen and oxygen atoms in total. The average molecular weight is 577 g/mol. The molecule has 0 aliphatic heterocycles. The van der Waals surface area contributed by atoms with Gasteiger partial charge in [-0.2, -0.15) is 0 Å². The van der Waals surface area contributed by atoms with Crippen molar-refractivity contribution in [3.05, 3.63) is 94.3 Å². The van der Waals surface area contributed by atoms with E-state index in [-0.39, 0.29) is 6.10 Å². The van der Waals surface area contributed by atoms with E-state index in [1.54, 1.807) is 0 Å². The average Bonchev–Trinajstić information content (AvgIpc) is 3.84. The number of hydrogen-bond donors (Lipinski definition) is 1. The summed E-state index contributed by atoms with van der Waals surface area (Å²) in [4.78, 5) is 0. The molecule has 4 fully saturated rings. The molecule has 3 heteroatoms. The molecule has 0 amide bonds. The van der Waals surface area contributed by atoms with E-state index in [4.69, 9.17) is 9.47 Å². The highest BCUT2D eigenvalue weighted by Crippen LogP contribution is 2.37. The number of fused-ring (bicyclic) bond motifs is 1. The van der Waals surface area contributed by atoms with Crippen molar-refractivity contribution in [3.63, 3.8) is 0 Å². The van der Waals surface area contributed by atoms with Gasteiger partial charge in [-0.25, -0.2) is 0 Å². The first-order chi connectivity index (χ1) is 21.1. The van der Waals surface area contributed by atoms with Crippen LogP contribution >= 0.6 is 0 Å². The molecule has 0 aromatic heterocycles. The second-order valence-corrected chi connectivity index (χ2v) is 14.1. The van der Waals surface area contributed by atoms with Crippen LogP contribution in [0.1, 0.15) is 87.0 Å². The summed E-state index contributed by atoms with van der Waals surface area (Å²) in [6.07, 6.45) is 19.2. The third-order valence-electron chi connectivity index (χ3n) is 10.0. The highest BCUT2D eigenvalue weighted by Gasteiger charge is 2.35. The Morgan fingerprint density at radius 1 is 0.837 bits per heavy atom. The predicted octanol–water partition coefficient (Wildman–Crippen LogP) is 9.24. The maximum Gasteiger partial charge on any atom is 0.119 e. The summed E-state index contributed by atoms with van der Waals surface area (Å²) >= 11 is 0. The molecule has 1 N–H and O–H groups in total. The van der Waals surface area contributed by atoms with E-state index < -0.39 is 0 Å². The Bertz CT molecular complexity index is 1460. The molecule has 0 heterocycles. The number of aliphatic hydroxyl groups excluding tert-OH is 1. The molecule has 2 atom stereocenters. The first kappa shape index (κ1) is 28.7. The van der Waals surface area contributed by atoms with Gasteiger partial charge in [-0.1, -0.05) is 74.2 Å². The van der Waals surface area contributed by atoms with Crippen LogP contribution in [0.4, 0.5) is 0 Å². The van der Waals surface area contributed by atoms with Crippen molar-refractivity contribution in [2.75, 3.05) is 13.2 Å². The predicted molar refractivity (Wildman–Crippen MR) is 176 cm³/mol. The van der Waals surface area contributed by atoms with Gasteiger partial charge in [0.2, 0.25) is 0 Å². The van der Waals surface area contributed by atoms with Crippen molar-refractivity contribution in [2.45, 2.75) is 90.1 Å². The minimum Gasteiger partial charge on any atom is -0.493 e. The van der Waals surface area contributed by atoms with Crippen LogP contribution in [0, 0.1) is 23.7 Å². The zero-order chi connectivity index (χ0) is 29.2. The number of aryl methyl sites for hydroxylation is 2. The van der Waals surface area contributed by atoms with Gasteiger partial charge in [0.05, 0.1) is 19.3 Å². The van der Waals surface area contributed by atoms with Crippen LogP contribution in [-0.4, -0.2) is 24.4 Å². The highest BCUT2D eigenvalue weighted by atomic mass is 16.5. The summed E-state index contributed by atoms with van der Waals surface area (Å²) in [5.74, 6) is 4.78. The number of aliphatic hydroxyl groups is 1. The van der Waals surface area contributed by atoms with Crippen LogP contribution < -0.4 is 4.74 Å². The SMILES string of the molecule is C/C(Cc1c(CCC2CC2)ccc2ccc(CCC3CC3)cc12)=C(\C=C/c1ccc(OCC2CC2O)cc1)OCC1CC1. The standard InChI is InChI=1S/C40H48O3/c1-27(40(43-25-32-8-9-32)21-14-30-12-19-36(20-13-30)42-26-35-24-39(35)41)22-37-33(15-10-29-4-5-29)17-18-34-16-11-31(23-38(34)37)7-6-28-2-3-28/h11-14,16-21,23,28-29,32,35,39,41H,2-10,15,22,24-26H2,1H3/b21-14-,40-27-. The number of ether oxygens (including phenoxy) is 2. The Balaban J connectivity index is 1.13. The number of rotatable bonds is 16. The Hall–Kier alpha value is -3.04. The Morgan fingerprint density at radius 2 is 1.53 bits per heavy atom. The lowest BCUT2D eigenvalue weighted by atomic mass is 9.89. The lowest BCUT2D eigenvalue weighted by molar-refractivity contribution is 0.207. The molecule has 0 spiro atoms. The van der Waals surface area contributed by atoms with E-state index in [9.17, 15) is 5.11 Å². The molecular formula is C40H48O3. The summed E-state index contributed by atoms with van der Waals surface area (Å²) in [7, 11) is 0. The number of benzene rings is 3. The summed E-state index contributed by atoms with van der Waals surface area (Å²) in [5, 5.41) is 12.4. The monoisotopic (exact) mass is 576 g/mol. The first-order valence-electron chi connectivity index (χ1n) is 17.0. The molecule has 4 saturated carbocycles. The summed E-state index contributed by atoms with van der Waals surface area (Å²) in [6, 6.07) is 20.3. The van der Waals surface area contributed by atoms with Crippen LogP contribution in [0.3, 0.4) is 0 Å². The number of hydrogen-bond acceptors (Lipinski definition) is 3. The Labute approximate surface area is 258 Å². The van der Waals surface area contributed by atoms with Crippen LogP contribution in [-0.2, 0) is 24.0 Å². The van der Waals surface area contributed by atoms with Crippen molar-refractivity contribution in [1.29, 1.82) is 0 Å². The highest BCUT2D eigenvalue weighted by molar-refractivity contribution is 5.88. The molecule has 43 heavy (non-hydrogen) atoms. The van der Waals surface area contributed by atoms with E-state index in [1.807, 2.05) is 12.1 Å². The topological polar surface area (TPSA) is 38.7 Å². The molecule has 7 rings (SSSR count). The molecule has 0 saturated heterocycles. The van der Waals surface area contributed by atoms with Crippen molar-refractivity contribution < 1.29 is 14.6 Å². The van der Waals surface area contributed by atoms with Gasteiger partial charge in [0, 0.05) is 5.92 Å². The van der Waals surface area contributed by atoms with Gasteiger partial charge in [-0.05, 0) is 133 Å². The van der Waals surface area contributed by atoms with Gasteiger partial charge in [0.15, 0.2) is 0 Å². The van der Waals surface area contributed by atoms with Crippen molar-refractivity contribution in [1.82, 2.24) is 0 Å². The Morgan fingerprint density at radius 3 is 2.23 bits per heavy atom. The van der Waals surface area contributed by atoms with E-state index >= 15 is 0 Å². The molecule has 3 aromatic rings.